The molecule has 0 aromatic heterocycles. The molecule has 2 N–H and O–H groups in total. The molecule has 1 aromatic carbocycles. The van der Waals surface area contributed by atoms with Crippen LogP contribution in [-0.4, -0.2) is 6.54 Å². The highest BCUT2D eigenvalue weighted by molar-refractivity contribution is 6.35. The maximum Gasteiger partial charge on any atom is 0.0456 e. The van der Waals surface area contributed by atoms with Gasteiger partial charge in [-0.3, -0.25) is 0 Å². The van der Waals surface area contributed by atoms with E-state index in [0.717, 1.165) is 17.0 Å². The van der Waals surface area contributed by atoms with Crippen LogP contribution in [0.5, 0.6) is 0 Å². The Labute approximate surface area is 102 Å². The Kier molecular flexibility index (Phi) is 4.91. The minimum atomic E-state index is 0.319. The van der Waals surface area contributed by atoms with Crippen LogP contribution in [0.4, 0.5) is 0 Å². The standard InChI is InChI=1S/C12H17Cl2N/c1-3-8(2)11(7-15)10-5-4-9(13)6-12(10)14/h4-6,8,11H,3,7,15H2,1-2H3. The fourth-order valence-electron chi connectivity index (χ4n) is 1.75. The summed E-state index contributed by atoms with van der Waals surface area (Å²) in [7, 11) is 0. The average molecular weight is 246 g/mol. The number of halogens is 2. The smallest absolute Gasteiger partial charge is 0.0456 e. The third-order valence-corrected chi connectivity index (χ3v) is 3.51. The molecule has 1 rings (SSSR count). The molecule has 0 saturated carbocycles. The minimum Gasteiger partial charge on any atom is -0.330 e. The molecule has 0 aliphatic carbocycles. The lowest BCUT2D eigenvalue weighted by atomic mass is 9.86. The molecule has 0 radical (unpaired) electrons. The molecule has 1 aromatic rings. The number of hydrogen-bond donors (Lipinski definition) is 1. The van der Waals surface area contributed by atoms with Gasteiger partial charge >= 0.3 is 0 Å². The first kappa shape index (κ1) is 12.8. The molecule has 2 unspecified atom stereocenters. The zero-order valence-electron chi connectivity index (χ0n) is 9.13. The lowest BCUT2D eigenvalue weighted by Crippen LogP contribution is -2.19. The molecule has 2 atom stereocenters. The second-order valence-corrected chi connectivity index (χ2v) is 4.74. The summed E-state index contributed by atoms with van der Waals surface area (Å²) in [6.45, 7) is 4.98. The molecule has 0 saturated heterocycles. The maximum absolute atomic E-state index is 6.16. The van der Waals surface area contributed by atoms with E-state index >= 15 is 0 Å². The Hall–Kier alpha value is -0.240. The topological polar surface area (TPSA) is 26.0 Å². The Balaban J connectivity index is 3.01. The van der Waals surface area contributed by atoms with Crippen LogP contribution < -0.4 is 5.73 Å². The summed E-state index contributed by atoms with van der Waals surface area (Å²) >= 11 is 12.0. The normalized spacial score (nSPS) is 15.0. The second kappa shape index (κ2) is 5.74. The van der Waals surface area contributed by atoms with Crippen molar-refractivity contribution in [2.24, 2.45) is 11.7 Å². The Morgan fingerprint density at radius 2 is 2.00 bits per heavy atom. The SMILES string of the molecule is CCC(C)C(CN)c1ccc(Cl)cc1Cl. The van der Waals surface area contributed by atoms with Gasteiger partial charge in [0.2, 0.25) is 0 Å². The molecule has 15 heavy (non-hydrogen) atoms. The van der Waals surface area contributed by atoms with E-state index in [9.17, 15) is 0 Å². The molecule has 0 fully saturated rings. The fraction of sp³-hybridized carbons (Fsp3) is 0.500. The van der Waals surface area contributed by atoms with Gasteiger partial charge in [-0.1, -0.05) is 49.5 Å². The first-order valence-electron chi connectivity index (χ1n) is 5.25. The summed E-state index contributed by atoms with van der Waals surface area (Å²) in [6.07, 6.45) is 1.10. The van der Waals surface area contributed by atoms with E-state index in [1.807, 2.05) is 12.1 Å². The van der Waals surface area contributed by atoms with E-state index in [4.69, 9.17) is 28.9 Å². The molecule has 3 heteroatoms. The van der Waals surface area contributed by atoms with Crippen molar-refractivity contribution in [2.75, 3.05) is 6.54 Å². The summed E-state index contributed by atoms with van der Waals surface area (Å²) in [6, 6.07) is 5.63. The molecule has 84 valence electrons. The lowest BCUT2D eigenvalue weighted by molar-refractivity contribution is 0.452. The highest BCUT2D eigenvalue weighted by atomic mass is 35.5. The van der Waals surface area contributed by atoms with Gasteiger partial charge in [-0.2, -0.15) is 0 Å². The highest BCUT2D eigenvalue weighted by Gasteiger charge is 2.18. The number of nitrogens with two attached hydrogens (primary N) is 1. The van der Waals surface area contributed by atoms with Crippen LogP contribution in [-0.2, 0) is 0 Å². The molecule has 1 nitrogen and oxygen atoms in total. The van der Waals surface area contributed by atoms with Gasteiger partial charge in [0.25, 0.3) is 0 Å². The number of rotatable bonds is 4. The van der Waals surface area contributed by atoms with Gasteiger partial charge in [0.1, 0.15) is 0 Å². The van der Waals surface area contributed by atoms with Gasteiger partial charge < -0.3 is 5.73 Å². The monoisotopic (exact) mass is 245 g/mol. The largest absolute Gasteiger partial charge is 0.330 e. The second-order valence-electron chi connectivity index (χ2n) is 3.89. The van der Waals surface area contributed by atoms with E-state index in [-0.39, 0.29) is 0 Å². The Morgan fingerprint density at radius 1 is 1.33 bits per heavy atom. The summed E-state index contributed by atoms with van der Waals surface area (Å²) in [4.78, 5) is 0. The predicted octanol–water partition coefficient (Wildman–Crippen LogP) is 4.08. The van der Waals surface area contributed by atoms with Crippen LogP contribution in [0, 0.1) is 5.92 Å². The van der Waals surface area contributed by atoms with Crippen molar-refractivity contribution in [2.45, 2.75) is 26.2 Å². The van der Waals surface area contributed by atoms with Gasteiger partial charge in [0, 0.05) is 16.0 Å². The van der Waals surface area contributed by atoms with Crippen LogP contribution in [0.3, 0.4) is 0 Å². The van der Waals surface area contributed by atoms with Crippen LogP contribution in [0.15, 0.2) is 18.2 Å². The van der Waals surface area contributed by atoms with Crippen LogP contribution in [0.1, 0.15) is 31.7 Å². The molecule has 0 amide bonds. The van der Waals surface area contributed by atoms with Crippen LogP contribution in [0.2, 0.25) is 10.0 Å². The van der Waals surface area contributed by atoms with Gasteiger partial charge in [-0.15, -0.1) is 0 Å². The first-order chi connectivity index (χ1) is 7.10. The summed E-state index contributed by atoms with van der Waals surface area (Å²) in [5.41, 5.74) is 6.91. The summed E-state index contributed by atoms with van der Waals surface area (Å²) in [5, 5.41) is 1.39. The predicted molar refractivity (Wildman–Crippen MR) is 67.7 cm³/mol. The van der Waals surface area contributed by atoms with Crippen molar-refractivity contribution in [1.82, 2.24) is 0 Å². The van der Waals surface area contributed by atoms with Gasteiger partial charge in [0.15, 0.2) is 0 Å². The van der Waals surface area contributed by atoms with E-state index in [0.29, 0.717) is 23.4 Å². The van der Waals surface area contributed by atoms with Crippen molar-refractivity contribution in [3.8, 4) is 0 Å². The minimum absolute atomic E-state index is 0.319. The molecule has 0 aliphatic rings. The van der Waals surface area contributed by atoms with Gasteiger partial charge in [-0.05, 0) is 30.2 Å². The fourth-order valence-corrected chi connectivity index (χ4v) is 2.30. The van der Waals surface area contributed by atoms with Gasteiger partial charge in [0.05, 0.1) is 0 Å². The highest BCUT2D eigenvalue weighted by Crippen LogP contribution is 2.32. The summed E-state index contributed by atoms with van der Waals surface area (Å²) < 4.78 is 0. The third kappa shape index (κ3) is 3.10. The van der Waals surface area contributed by atoms with Crippen LogP contribution >= 0.6 is 23.2 Å². The van der Waals surface area contributed by atoms with E-state index in [2.05, 4.69) is 13.8 Å². The van der Waals surface area contributed by atoms with E-state index in [1.165, 1.54) is 0 Å². The Morgan fingerprint density at radius 3 is 2.47 bits per heavy atom. The zero-order valence-corrected chi connectivity index (χ0v) is 10.6. The molecule has 0 aliphatic heterocycles. The first-order valence-corrected chi connectivity index (χ1v) is 6.00. The number of hydrogen-bond acceptors (Lipinski definition) is 1. The van der Waals surface area contributed by atoms with Crippen molar-refractivity contribution in [3.63, 3.8) is 0 Å². The van der Waals surface area contributed by atoms with E-state index < -0.39 is 0 Å². The Bertz CT molecular complexity index is 325. The van der Waals surface area contributed by atoms with Crippen molar-refractivity contribution in [3.05, 3.63) is 33.8 Å². The van der Waals surface area contributed by atoms with Crippen molar-refractivity contribution >= 4 is 23.2 Å². The lowest BCUT2D eigenvalue weighted by Gasteiger charge is -2.22. The molecule has 0 spiro atoms. The molecular formula is C12H17Cl2N. The molecule has 0 heterocycles. The third-order valence-electron chi connectivity index (χ3n) is 2.95. The average Bonchev–Trinajstić information content (AvgIpc) is 2.21. The van der Waals surface area contributed by atoms with Gasteiger partial charge in [-0.25, -0.2) is 0 Å². The zero-order chi connectivity index (χ0) is 11.4. The van der Waals surface area contributed by atoms with Crippen molar-refractivity contribution < 1.29 is 0 Å². The van der Waals surface area contributed by atoms with E-state index in [1.54, 1.807) is 6.07 Å². The molecular weight excluding hydrogens is 229 g/mol. The quantitative estimate of drug-likeness (QED) is 0.850. The summed E-state index contributed by atoms with van der Waals surface area (Å²) in [5.74, 6) is 0.855. The number of benzene rings is 1. The van der Waals surface area contributed by atoms with Crippen molar-refractivity contribution in [1.29, 1.82) is 0 Å². The maximum atomic E-state index is 6.16. The molecule has 0 bridgehead atoms. The van der Waals surface area contributed by atoms with Crippen LogP contribution in [0.25, 0.3) is 0 Å².